The number of anilines is 1. The Hall–Kier alpha value is -1.55. The van der Waals surface area contributed by atoms with Crippen molar-refractivity contribution in [2.45, 2.75) is 32.2 Å². The molecule has 88 valence electrons. The summed E-state index contributed by atoms with van der Waals surface area (Å²) in [7, 11) is 0. The molecule has 0 aliphatic rings. The largest absolute Gasteiger partial charge is 0.508 e. The highest BCUT2D eigenvalue weighted by molar-refractivity contribution is 5.90. The summed E-state index contributed by atoms with van der Waals surface area (Å²) in [6.07, 6.45) is 1.03. The monoisotopic (exact) mass is 222 g/mol. The van der Waals surface area contributed by atoms with Crippen molar-refractivity contribution in [1.82, 2.24) is 0 Å². The SMILES string of the molecule is CC(C)(N)CCC(=O)Nc1ccc(O)cc1. The van der Waals surface area contributed by atoms with Crippen LogP contribution in [0.2, 0.25) is 0 Å². The lowest BCUT2D eigenvalue weighted by molar-refractivity contribution is -0.116. The highest BCUT2D eigenvalue weighted by Gasteiger charge is 2.13. The van der Waals surface area contributed by atoms with Crippen molar-refractivity contribution in [3.05, 3.63) is 24.3 Å². The minimum atomic E-state index is -0.327. The van der Waals surface area contributed by atoms with Crippen LogP contribution in [0.1, 0.15) is 26.7 Å². The minimum absolute atomic E-state index is 0.0655. The molecule has 16 heavy (non-hydrogen) atoms. The van der Waals surface area contributed by atoms with E-state index in [0.717, 1.165) is 0 Å². The van der Waals surface area contributed by atoms with Gasteiger partial charge in [0.1, 0.15) is 5.75 Å². The summed E-state index contributed by atoms with van der Waals surface area (Å²) in [6, 6.07) is 6.37. The Kier molecular flexibility index (Phi) is 3.90. The maximum absolute atomic E-state index is 11.5. The van der Waals surface area contributed by atoms with Gasteiger partial charge in [0.25, 0.3) is 0 Å². The summed E-state index contributed by atoms with van der Waals surface area (Å²) in [5.74, 6) is 0.116. The fourth-order valence-corrected chi connectivity index (χ4v) is 1.20. The molecule has 4 heteroatoms. The van der Waals surface area contributed by atoms with Gasteiger partial charge in [-0.25, -0.2) is 0 Å². The number of phenolic OH excluding ortho intramolecular Hbond substituents is 1. The molecule has 0 aliphatic heterocycles. The number of aromatic hydroxyl groups is 1. The van der Waals surface area contributed by atoms with E-state index in [1.54, 1.807) is 12.1 Å². The fraction of sp³-hybridized carbons (Fsp3) is 0.417. The summed E-state index contributed by atoms with van der Waals surface area (Å²) >= 11 is 0. The van der Waals surface area contributed by atoms with Gasteiger partial charge in [0.05, 0.1) is 0 Å². The second-order valence-electron chi connectivity index (χ2n) is 4.58. The molecule has 0 radical (unpaired) electrons. The first kappa shape index (κ1) is 12.5. The van der Waals surface area contributed by atoms with E-state index in [-0.39, 0.29) is 17.2 Å². The van der Waals surface area contributed by atoms with Crippen LogP contribution in [0, 0.1) is 0 Å². The maximum Gasteiger partial charge on any atom is 0.224 e. The molecule has 0 unspecified atom stereocenters. The summed E-state index contributed by atoms with van der Waals surface area (Å²) in [5, 5.41) is 11.8. The molecule has 1 aromatic rings. The molecule has 0 saturated carbocycles. The zero-order valence-corrected chi connectivity index (χ0v) is 9.66. The van der Waals surface area contributed by atoms with Crippen LogP contribution in [-0.4, -0.2) is 16.6 Å². The van der Waals surface area contributed by atoms with Gasteiger partial charge in [0, 0.05) is 17.6 Å². The van der Waals surface area contributed by atoms with Crippen molar-refractivity contribution >= 4 is 11.6 Å². The summed E-state index contributed by atoms with van der Waals surface area (Å²) in [6.45, 7) is 3.78. The van der Waals surface area contributed by atoms with E-state index in [4.69, 9.17) is 10.8 Å². The molecule has 0 spiro atoms. The van der Waals surface area contributed by atoms with Gasteiger partial charge in [0.15, 0.2) is 0 Å². The number of benzene rings is 1. The molecule has 4 nitrogen and oxygen atoms in total. The first-order valence-electron chi connectivity index (χ1n) is 5.24. The average molecular weight is 222 g/mol. The maximum atomic E-state index is 11.5. The molecule has 1 amide bonds. The summed E-state index contributed by atoms with van der Waals surface area (Å²) in [4.78, 5) is 11.5. The molecule has 0 bridgehead atoms. The van der Waals surface area contributed by atoms with Crippen molar-refractivity contribution in [2.75, 3.05) is 5.32 Å². The van der Waals surface area contributed by atoms with E-state index in [0.29, 0.717) is 18.5 Å². The van der Waals surface area contributed by atoms with Gasteiger partial charge >= 0.3 is 0 Å². The van der Waals surface area contributed by atoms with Gasteiger partial charge in [0.2, 0.25) is 5.91 Å². The molecule has 0 saturated heterocycles. The van der Waals surface area contributed by atoms with Crippen molar-refractivity contribution in [1.29, 1.82) is 0 Å². The molecular weight excluding hydrogens is 204 g/mol. The smallest absolute Gasteiger partial charge is 0.224 e. The number of rotatable bonds is 4. The quantitative estimate of drug-likeness (QED) is 0.680. The molecule has 4 N–H and O–H groups in total. The van der Waals surface area contributed by atoms with Gasteiger partial charge in [-0.05, 0) is 44.5 Å². The molecule has 1 rings (SSSR count). The van der Waals surface area contributed by atoms with Crippen LogP contribution in [0.4, 0.5) is 5.69 Å². The second-order valence-corrected chi connectivity index (χ2v) is 4.58. The van der Waals surface area contributed by atoms with E-state index in [9.17, 15) is 4.79 Å². The standard InChI is InChI=1S/C12H18N2O2/c1-12(2,13)8-7-11(16)14-9-3-5-10(15)6-4-9/h3-6,15H,7-8,13H2,1-2H3,(H,14,16). The van der Waals surface area contributed by atoms with E-state index >= 15 is 0 Å². The molecule has 0 fully saturated rings. The van der Waals surface area contributed by atoms with Crippen LogP contribution >= 0.6 is 0 Å². The van der Waals surface area contributed by atoms with Crippen molar-refractivity contribution in [3.8, 4) is 5.75 Å². The first-order chi connectivity index (χ1) is 7.37. The highest BCUT2D eigenvalue weighted by Crippen LogP contribution is 2.14. The number of carbonyl (C=O) groups is 1. The van der Waals surface area contributed by atoms with Crippen molar-refractivity contribution < 1.29 is 9.90 Å². The molecule has 0 heterocycles. The zero-order valence-electron chi connectivity index (χ0n) is 9.66. The lowest BCUT2D eigenvalue weighted by Gasteiger charge is -2.17. The van der Waals surface area contributed by atoms with Crippen LogP contribution in [0.25, 0.3) is 0 Å². The van der Waals surface area contributed by atoms with Gasteiger partial charge in [-0.1, -0.05) is 0 Å². The number of carbonyl (C=O) groups excluding carboxylic acids is 1. The van der Waals surface area contributed by atoms with Crippen LogP contribution in [0.3, 0.4) is 0 Å². The van der Waals surface area contributed by atoms with E-state index in [2.05, 4.69) is 5.32 Å². The lowest BCUT2D eigenvalue weighted by Crippen LogP contribution is -2.33. The first-order valence-corrected chi connectivity index (χ1v) is 5.24. The highest BCUT2D eigenvalue weighted by atomic mass is 16.3. The predicted octanol–water partition coefficient (Wildman–Crippen LogP) is 1.85. The Balaban J connectivity index is 2.43. The normalized spacial score (nSPS) is 11.2. The van der Waals surface area contributed by atoms with Crippen LogP contribution in [0.5, 0.6) is 5.75 Å². The second kappa shape index (κ2) is 4.99. The Morgan fingerprint density at radius 3 is 2.44 bits per heavy atom. The number of nitrogens with one attached hydrogen (secondary N) is 1. The topological polar surface area (TPSA) is 75.4 Å². The van der Waals surface area contributed by atoms with E-state index < -0.39 is 0 Å². The molecule has 0 aliphatic carbocycles. The van der Waals surface area contributed by atoms with Gasteiger partial charge in [-0.2, -0.15) is 0 Å². The summed E-state index contributed by atoms with van der Waals surface area (Å²) < 4.78 is 0. The van der Waals surface area contributed by atoms with E-state index in [1.807, 2.05) is 13.8 Å². The van der Waals surface area contributed by atoms with Crippen molar-refractivity contribution in [2.24, 2.45) is 5.73 Å². The predicted molar refractivity (Wildman–Crippen MR) is 64.2 cm³/mol. The average Bonchev–Trinajstić information content (AvgIpc) is 2.18. The molecule has 0 atom stereocenters. The molecule has 1 aromatic carbocycles. The van der Waals surface area contributed by atoms with Gasteiger partial charge in [-0.15, -0.1) is 0 Å². The number of amides is 1. The van der Waals surface area contributed by atoms with E-state index in [1.165, 1.54) is 12.1 Å². The van der Waals surface area contributed by atoms with Crippen LogP contribution < -0.4 is 11.1 Å². The number of phenols is 1. The Labute approximate surface area is 95.5 Å². The number of hydrogen-bond acceptors (Lipinski definition) is 3. The van der Waals surface area contributed by atoms with Crippen LogP contribution in [0.15, 0.2) is 24.3 Å². The van der Waals surface area contributed by atoms with Gasteiger partial charge < -0.3 is 16.2 Å². The lowest BCUT2D eigenvalue weighted by atomic mass is 10.00. The minimum Gasteiger partial charge on any atom is -0.508 e. The van der Waals surface area contributed by atoms with Gasteiger partial charge in [-0.3, -0.25) is 4.79 Å². The van der Waals surface area contributed by atoms with Crippen LogP contribution in [-0.2, 0) is 4.79 Å². The van der Waals surface area contributed by atoms with Crippen molar-refractivity contribution in [3.63, 3.8) is 0 Å². The Bertz CT molecular complexity index is 352. The molecular formula is C12H18N2O2. The third-order valence-corrected chi connectivity index (χ3v) is 2.15. The molecule has 0 aromatic heterocycles. The summed E-state index contributed by atoms with van der Waals surface area (Å²) in [5.41, 5.74) is 6.14. The third-order valence-electron chi connectivity index (χ3n) is 2.15. The third kappa shape index (κ3) is 4.79. The Morgan fingerprint density at radius 1 is 1.38 bits per heavy atom. The number of nitrogens with two attached hydrogens (primary N) is 1. The zero-order chi connectivity index (χ0) is 12.2. The fourth-order valence-electron chi connectivity index (χ4n) is 1.20. The number of hydrogen-bond donors (Lipinski definition) is 3. The Morgan fingerprint density at radius 2 is 1.94 bits per heavy atom.